The zero-order valence-corrected chi connectivity index (χ0v) is 22.5. The van der Waals surface area contributed by atoms with Crippen molar-refractivity contribution in [2.45, 2.75) is 30.1 Å². The van der Waals surface area contributed by atoms with Gasteiger partial charge in [0.15, 0.2) is 0 Å². The van der Waals surface area contributed by atoms with Gasteiger partial charge in [-0.2, -0.15) is 48.3 Å². The van der Waals surface area contributed by atoms with E-state index in [2.05, 4.69) is 5.32 Å². The number of hydrogen-bond acceptors (Lipinski definition) is 2. The molecule has 0 radical (unpaired) electrons. The molecule has 2 N–H and O–H groups in total. The second-order valence-electron chi connectivity index (χ2n) is 8.60. The summed E-state index contributed by atoms with van der Waals surface area (Å²) in [6.07, 6.45) is -20.0. The lowest BCUT2D eigenvalue weighted by Gasteiger charge is -2.36. The number of benzene rings is 3. The van der Waals surface area contributed by atoms with E-state index in [9.17, 15) is 66.7 Å². The Hall–Kier alpha value is -3.58. The van der Waals surface area contributed by atoms with Gasteiger partial charge in [0.2, 0.25) is 0 Å². The molecule has 0 bridgehead atoms. The van der Waals surface area contributed by atoms with Crippen LogP contribution in [0.4, 0.5) is 68.5 Å². The zero-order chi connectivity index (χ0) is 32.8. The quantitative estimate of drug-likeness (QED) is 0.196. The van der Waals surface area contributed by atoms with Crippen LogP contribution in [0.3, 0.4) is 0 Å². The lowest BCUT2D eigenvalue weighted by molar-refractivity contribution is -0.389. The monoisotopic (exact) mass is 746 g/mol. The molecule has 0 heterocycles. The van der Waals surface area contributed by atoms with Crippen LogP contribution >= 0.6 is 22.6 Å². The first-order chi connectivity index (χ1) is 19.5. The summed E-state index contributed by atoms with van der Waals surface area (Å²) in [6, 6.07) is 7.25. The van der Waals surface area contributed by atoms with Gasteiger partial charge in [-0.15, -0.1) is 0 Å². The molecule has 0 saturated carbocycles. The molecule has 0 saturated heterocycles. The van der Waals surface area contributed by atoms with Crippen LogP contribution in [0.25, 0.3) is 0 Å². The number of alkyl halides is 12. The van der Waals surface area contributed by atoms with Gasteiger partial charge in [0.25, 0.3) is 11.8 Å². The Bertz CT molecular complexity index is 1530. The lowest BCUT2D eigenvalue weighted by Crippen LogP contribution is -2.59. The summed E-state index contributed by atoms with van der Waals surface area (Å²) in [5.41, 5.74) is -13.7. The molecule has 0 aliphatic heterocycles. The average molecular weight is 746 g/mol. The molecule has 1 unspecified atom stereocenters. The summed E-state index contributed by atoms with van der Waals surface area (Å²) in [4.78, 5) is 25.1. The van der Waals surface area contributed by atoms with Crippen molar-refractivity contribution < 1.29 is 66.7 Å². The molecule has 3 rings (SSSR count). The molecular formula is C25H12F13IN2O2. The molecule has 3 aromatic carbocycles. The van der Waals surface area contributed by atoms with Crippen molar-refractivity contribution in [2.75, 3.05) is 10.6 Å². The van der Waals surface area contributed by atoms with Crippen LogP contribution in [0.2, 0.25) is 0 Å². The van der Waals surface area contributed by atoms with Crippen molar-refractivity contribution in [1.29, 1.82) is 0 Å². The summed E-state index contributed by atoms with van der Waals surface area (Å²) in [5, 5.41) is 3.99. The maximum atomic E-state index is 14.9. The van der Waals surface area contributed by atoms with E-state index in [4.69, 9.17) is 0 Å². The van der Waals surface area contributed by atoms with Crippen molar-refractivity contribution in [3.63, 3.8) is 0 Å². The van der Waals surface area contributed by atoms with Crippen molar-refractivity contribution >= 4 is 45.8 Å². The van der Waals surface area contributed by atoms with E-state index in [-0.39, 0.29) is 17.3 Å². The standard InChI is InChI=1S/C25H12F13IN2O2/c26-14-6-4-11(5-7-14)19(42)40-15-3-1-2-12(8-15)20(43)41-18-16(22(28,29)30)9-13(10-17(18)39)21(27,24(33,34)35)23(31,32)25(36,37)38/h1-10H,(H,40,42)(H,41,43). The van der Waals surface area contributed by atoms with Crippen LogP contribution in [-0.4, -0.2) is 30.1 Å². The number of amides is 2. The first-order valence-electron chi connectivity index (χ1n) is 11.1. The fraction of sp³-hybridized carbons (Fsp3) is 0.200. The summed E-state index contributed by atoms with van der Waals surface area (Å²) >= 11 is 0.795. The van der Waals surface area contributed by atoms with E-state index in [1.807, 2.05) is 0 Å². The van der Waals surface area contributed by atoms with Gasteiger partial charge >= 0.3 is 30.1 Å². The molecule has 232 valence electrons. The summed E-state index contributed by atoms with van der Waals surface area (Å²) in [6.45, 7) is 0. The van der Waals surface area contributed by atoms with Gasteiger partial charge in [0.1, 0.15) is 5.82 Å². The smallest absolute Gasteiger partial charge is 0.322 e. The molecule has 0 aliphatic carbocycles. The molecule has 2 amide bonds. The van der Waals surface area contributed by atoms with Crippen molar-refractivity contribution in [3.05, 3.63) is 92.3 Å². The SMILES string of the molecule is O=C(Nc1cccc(C(=O)Nc2c(I)cc(C(F)(C(F)(F)F)C(F)(F)C(F)(F)F)cc2C(F)(F)F)c1)c1ccc(F)cc1. The Balaban J connectivity index is 2.04. The second-order valence-corrected chi connectivity index (χ2v) is 9.76. The Morgan fingerprint density at radius 3 is 1.72 bits per heavy atom. The third-order valence-corrected chi connectivity index (χ3v) is 6.55. The number of halogens is 14. The molecule has 0 aliphatic rings. The Morgan fingerprint density at radius 2 is 1.21 bits per heavy atom. The third-order valence-electron chi connectivity index (χ3n) is 5.70. The summed E-state index contributed by atoms with van der Waals surface area (Å²) in [5.74, 6) is -10.1. The number of carbonyl (C=O) groups excluding carboxylic acids is 2. The van der Waals surface area contributed by atoms with E-state index < -0.39 is 79.8 Å². The lowest BCUT2D eigenvalue weighted by atomic mass is 9.86. The summed E-state index contributed by atoms with van der Waals surface area (Å²) < 4.78 is 175. The minimum atomic E-state index is -7.23. The molecule has 1 atom stereocenters. The number of hydrogen-bond donors (Lipinski definition) is 2. The first kappa shape index (κ1) is 33.9. The minimum Gasteiger partial charge on any atom is -0.322 e. The summed E-state index contributed by atoms with van der Waals surface area (Å²) in [7, 11) is 0. The normalized spacial score (nSPS) is 14.2. The highest BCUT2D eigenvalue weighted by Gasteiger charge is 2.82. The number of rotatable bonds is 6. The van der Waals surface area contributed by atoms with Gasteiger partial charge in [-0.3, -0.25) is 9.59 Å². The number of nitrogens with one attached hydrogen (secondary N) is 2. The molecule has 3 aromatic rings. The van der Waals surface area contributed by atoms with E-state index in [0.29, 0.717) is 0 Å². The van der Waals surface area contributed by atoms with Gasteiger partial charge < -0.3 is 10.6 Å². The van der Waals surface area contributed by atoms with Gasteiger partial charge in [-0.25, -0.2) is 8.78 Å². The number of anilines is 2. The van der Waals surface area contributed by atoms with E-state index in [0.717, 1.165) is 65.1 Å². The van der Waals surface area contributed by atoms with Gasteiger partial charge in [-0.1, -0.05) is 6.07 Å². The van der Waals surface area contributed by atoms with Crippen LogP contribution in [0.1, 0.15) is 31.8 Å². The van der Waals surface area contributed by atoms with E-state index in [1.165, 1.54) is 6.07 Å². The van der Waals surface area contributed by atoms with Crippen molar-refractivity contribution in [1.82, 2.24) is 0 Å². The van der Waals surface area contributed by atoms with Gasteiger partial charge in [0, 0.05) is 25.9 Å². The van der Waals surface area contributed by atoms with Crippen LogP contribution < -0.4 is 10.6 Å². The minimum absolute atomic E-state index is 0.0281. The Kier molecular flexibility index (Phi) is 9.06. The molecule has 43 heavy (non-hydrogen) atoms. The van der Waals surface area contributed by atoms with E-state index >= 15 is 0 Å². The fourth-order valence-corrected chi connectivity index (χ4v) is 4.36. The van der Waals surface area contributed by atoms with Crippen LogP contribution in [0.15, 0.2) is 60.7 Å². The highest BCUT2D eigenvalue weighted by molar-refractivity contribution is 14.1. The van der Waals surface area contributed by atoms with E-state index in [1.54, 1.807) is 5.32 Å². The van der Waals surface area contributed by atoms with Crippen LogP contribution in [-0.2, 0) is 11.8 Å². The molecule has 0 fully saturated rings. The molecule has 0 aromatic heterocycles. The Morgan fingerprint density at radius 1 is 0.651 bits per heavy atom. The highest BCUT2D eigenvalue weighted by Crippen LogP contribution is 2.59. The largest absolute Gasteiger partial charge is 0.457 e. The van der Waals surface area contributed by atoms with Gasteiger partial charge in [-0.05, 0) is 77.2 Å². The third kappa shape index (κ3) is 6.67. The first-order valence-corrected chi connectivity index (χ1v) is 12.2. The maximum absolute atomic E-state index is 14.9. The molecule has 0 spiro atoms. The molecular weight excluding hydrogens is 734 g/mol. The highest BCUT2D eigenvalue weighted by atomic mass is 127. The second kappa shape index (κ2) is 11.5. The topological polar surface area (TPSA) is 58.2 Å². The Labute approximate surface area is 245 Å². The van der Waals surface area contributed by atoms with Crippen LogP contribution in [0.5, 0.6) is 0 Å². The van der Waals surface area contributed by atoms with Crippen LogP contribution in [0, 0.1) is 9.39 Å². The van der Waals surface area contributed by atoms with Crippen molar-refractivity contribution in [3.8, 4) is 0 Å². The predicted molar refractivity (Wildman–Crippen MR) is 133 cm³/mol. The fourth-order valence-electron chi connectivity index (χ4n) is 3.60. The number of carbonyl (C=O) groups is 2. The zero-order valence-electron chi connectivity index (χ0n) is 20.4. The molecule has 4 nitrogen and oxygen atoms in total. The predicted octanol–water partition coefficient (Wildman–Crippen LogP) is 8.88. The van der Waals surface area contributed by atoms with Gasteiger partial charge in [0.05, 0.1) is 11.3 Å². The van der Waals surface area contributed by atoms with Crippen molar-refractivity contribution in [2.24, 2.45) is 0 Å². The maximum Gasteiger partial charge on any atom is 0.457 e. The average Bonchev–Trinajstić information content (AvgIpc) is 2.87. The molecule has 18 heteroatoms.